The standard InChI is InChI=1S/C19H33N5O/c1-3-8-22-10-5-7-18(22)19(25)23-11-6-9-21(12-13-23)15-17-14-20-24(4-2)16-17/h14,16,18H,3-13,15H2,1-2H3/t18-/m1/s1. The van der Waals surface area contributed by atoms with Gasteiger partial charge >= 0.3 is 0 Å². The first-order chi connectivity index (χ1) is 12.2. The molecule has 25 heavy (non-hydrogen) atoms. The highest BCUT2D eigenvalue weighted by Crippen LogP contribution is 2.20. The van der Waals surface area contributed by atoms with Crippen molar-refractivity contribution < 1.29 is 4.79 Å². The lowest BCUT2D eigenvalue weighted by molar-refractivity contribution is -0.135. The number of aryl methyl sites for hydroxylation is 1. The Morgan fingerprint density at radius 3 is 2.80 bits per heavy atom. The van der Waals surface area contributed by atoms with E-state index in [1.165, 1.54) is 5.56 Å². The summed E-state index contributed by atoms with van der Waals surface area (Å²) in [6, 6.07) is 0.134. The number of hydrogen-bond donors (Lipinski definition) is 0. The van der Waals surface area contributed by atoms with Crippen molar-refractivity contribution in [1.29, 1.82) is 0 Å². The monoisotopic (exact) mass is 347 g/mol. The summed E-state index contributed by atoms with van der Waals surface area (Å²) in [5, 5.41) is 4.36. The lowest BCUT2D eigenvalue weighted by atomic mass is 10.2. The van der Waals surface area contributed by atoms with E-state index >= 15 is 0 Å². The summed E-state index contributed by atoms with van der Waals surface area (Å²) in [5.74, 6) is 0.367. The highest BCUT2D eigenvalue weighted by atomic mass is 16.2. The molecule has 0 N–H and O–H groups in total. The molecule has 3 heterocycles. The van der Waals surface area contributed by atoms with Gasteiger partial charge in [0.1, 0.15) is 0 Å². The smallest absolute Gasteiger partial charge is 0.239 e. The second kappa shape index (κ2) is 8.81. The topological polar surface area (TPSA) is 44.6 Å². The molecule has 2 fully saturated rings. The van der Waals surface area contributed by atoms with Crippen LogP contribution in [0.1, 0.15) is 45.1 Å². The largest absolute Gasteiger partial charge is 0.340 e. The van der Waals surface area contributed by atoms with Crippen LogP contribution in [0.5, 0.6) is 0 Å². The summed E-state index contributed by atoms with van der Waals surface area (Å²) < 4.78 is 1.98. The van der Waals surface area contributed by atoms with Crippen molar-refractivity contribution >= 4 is 5.91 Å². The van der Waals surface area contributed by atoms with Crippen LogP contribution in [-0.4, -0.2) is 75.7 Å². The van der Waals surface area contributed by atoms with E-state index in [9.17, 15) is 4.79 Å². The summed E-state index contributed by atoms with van der Waals surface area (Å²) in [5.41, 5.74) is 1.27. The van der Waals surface area contributed by atoms with Gasteiger partial charge in [0, 0.05) is 51.0 Å². The van der Waals surface area contributed by atoms with Crippen molar-refractivity contribution in [3.05, 3.63) is 18.0 Å². The molecular weight excluding hydrogens is 314 g/mol. The Morgan fingerprint density at radius 1 is 1.16 bits per heavy atom. The van der Waals surface area contributed by atoms with Crippen molar-refractivity contribution in [3.63, 3.8) is 0 Å². The summed E-state index contributed by atoms with van der Waals surface area (Å²) in [6.45, 7) is 12.1. The van der Waals surface area contributed by atoms with Gasteiger partial charge in [-0.2, -0.15) is 5.10 Å². The minimum absolute atomic E-state index is 0.134. The van der Waals surface area contributed by atoms with Crippen LogP contribution in [0, 0.1) is 0 Å². The van der Waals surface area contributed by atoms with Crippen LogP contribution in [0.3, 0.4) is 0 Å². The van der Waals surface area contributed by atoms with Gasteiger partial charge in [-0.25, -0.2) is 0 Å². The lowest BCUT2D eigenvalue weighted by Crippen LogP contribution is -2.47. The molecule has 3 rings (SSSR count). The molecule has 0 unspecified atom stereocenters. The van der Waals surface area contributed by atoms with Gasteiger partial charge < -0.3 is 4.90 Å². The van der Waals surface area contributed by atoms with Crippen LogP contribution in [0.15, 0.2) is 12.4 Å². The fourth-order valence-electron chi connectivity index (χ4n) is 4.14. The van der Waals surface area contributed by atoms with E-state index in [1.807, 2.05) is 10.9 Å². The van der Waals surface area contributed by atoms with E-state index in [0.717, 1.165) is 78.0 Å². The van der Waals surface area contributed by atoms with Crippen LogP contribution in [0.25, 0.3) is 0 Å². The van der Waals surface area contributed by atoms with E-state index in [0.29, 0.717) is 5.91 Å². The normalized spacial score (nSPS) is 23.1. The molecule has 0 aliphatic carbocycles. The van der Waals surface area contributed by atoms with Crippen molar-refractivity contribution in [2.75, 3.05) is 39.3 Å². The first-order valence-electron chi connectivity index (χ1n) is 9.97. The SMILES string of the molecule is CCCN1CCC[C@@H]1C(=O)N1CCCN(Cc2cnn(CC)c2)CC1. The first kappa shape index (κ1) is 18.4. The van der Waals surface area contributed by atoms with Crippen molar-refractivity contribution in [2.45, 2.75) is 58.7 Å². The lowest BCUT2D eigenvalue weighted by Gasteiger charge is -2.29. The van der Waals surface area contributed by atoms with E-state index in [-0.39, 0.29) is 6.04 Å². The zero-order valence-corrected chi connectivity index (χ0v) is 15.9. The Labute approximate surface area is 151 Å². The third-order valence-electron chi connectivity index (χ3n) is 5.48. The maximum absolute atomic E-state index is 13.0. The van der Waals surface area contributed by atoms with Crippen molar-refractivity contribution in [1.82, 2.24) is 24.5 Å². The minimum Gasteiger partial charge on any atom is -0.340 e. The number of aromatic nitrogens is 2. The van der Waals surface area contributed by atoms with Gasteiger partial charge in [-0.15, -0.1) is 0 Å². The Hall–Kier alpha value is -1.40. The molecule has 2 aliphatic rings. The fourth-order valence-corrected chi connectivity index (χ4v) is 4.14. The molecule has 1 amide bonds. The van der Waals surface area contributed by atoms with Crippen molar-refractivity contribution in [3.8, 4) is 0 Å². The molecule has 1 aromatic heterocycles. The quantitative estimate of drug-likeness (QED) is 0.787. The van der Waals surface area contributed by atoms with Gasteiger partial charge in [-0.05, 0) is 45.7 Å². The molecule has 2 aliphatic heterocycles. The summed E-state index contributed by atoms with van der Waals surface area (Å²) in [4.78, 5) is 20.0. The van der Waals surface area contributed by atoms with Gasteiger partial charge in [0.2, 0.25) is 5.91 Å². The minimum atomic E-state index is 0.134. The maximum Gasteiger partial charge on any atom is 0.239 e. The van der Waals surface area contributed by atoms with Crippen LogP contribution < -0.4 is 0 Å². The molecule has 140 valence electrons. The molecule has 0 aromatic carbocycles. The fraction of sp³-hybridized carbons (Fsp3) is 0.789. The van der Waals surface area contributed by atoms with Crippen LogP contribution >= 0.6 is 0 Å². The van der Waals surface area contributed by atoms with E-state index < -0.39 is 0 Å². The number of carbonyl (C=O) groups excluding carboxylic acids is 1. The zero-order chi connectivity index (χ0) is 17.6. The molecule has 0 bridgehead atoms. The summed E-state index contributed by atoms with van der Waals surface area (Å²) in [7, 11) is 0. The van der Waals surface area contributed by atoms with Gasteiger partial charge in [-0.1, -0.05) is 6.92 Å². The molecule has 6 nitrogen and oxygen atoms in total. The first-order valence-corrected chi connectivity index (χ1v) is 9.97. The number of carbonyl (C=O) groups is 1. The van der Waals surface area contributed by atoms with Gasteiger partial charge in [-0.3, -0.25) is 19.3 Å². The van der Waals surface area contributed by atoms with E-state index in [2.05, 4.69) is 39.8 Å². The molecule has 6 heteroatoms. The molecule has 2 saturated heterocycles. The molecule has 0 radical (unpaired) electrons. The predicted octanol–water partition coefficient (Wildman–Crippen LogP) is 1.81. The third kappa shape index (κ3) is 4.61. The number of rotatable bonds is 6. The van der Waals surface area contributed by atoms with Crippen LogP contribution in [-0.2, 0) is 17.9 Å². The predicted molar refractivity (Wildman–Crippen MR) is 99.3 cm³/mol. The summed E-state index contributed by atoms with van der Waals surface area (Å²) >= 11 is 0. The Kier molecular flexibility index (Phi) is 6.48. The second-order valence-corrected chi connectivity index (χ2v) is 7.35. The van der Waals surface area contributed by atoms with Gasteiger partial charge in [0.05, 0.1) is 12.2 Å². The third-order valence-corrected chi connectivity index (χ3v) is 5.48. The van der Waals surface area contributed by atoms with Gasteiger partial charge in [0.25, 0.3) is 0 Å². The molecule has 0 saturated carbocycles. The Bertz CT molecular complexity index is 558. The Morgan fingerprint density at radius 2 is 2.04 bits per heavy atom. The average molecular weight is 348 g/mol. The number of nitrogens with zero attached hydrogens (tertiary/aromatic N) is 5. The number of likely N-dealkylation sites (tertiary alicyclic amines) is 1. The number of amides is 1. The van der Waals surface area contributed by atoms with Crippen LogP contribution in [0.4, 0.5) is 0 Å². The molecular formula is C19H33N5O. The van der Waals surface area contributed by atoms with E-state index in [1.54, 1.807) is 0 Å². The maximum atomic E-state index is 13.0. The van der Waals surface area contributed by atoms with Crippen LogP contribution in [0.2, 0.25) is 0 Å². The average Bonchev–Trinajstić information content (AvgIpc) is 3.20. The zero-order valence-electron chi connectivity index (χ0n) is 15.9. The van der Waals surface area contributed by atoms with E-state index in [4.69, 9.17) is 0 Å². The molecule has 1 atom stereocenters. The number of hydrogen-bond acceptors (Lipinski definition) is 4. The highest BCUT2D eigenvalue weighted by molar-refractivity contribution is 5.82. The van der Waals surface area contributed by atoms with Crippen molar-refractivity contribution in [2.24, 2.45) is 0 Å². The Balaban J connectivity index is 1.53. The summed E-state index contributed by atoms with van der Waals surface area (Å²) in [6.07, 6.45) is 8.50. The highest BCUT2D eigenvalue weighted by Gasteiger charge is 2.33. The van der Waals surface area contributed by atoms with Gasteiger partial charge in [0.15, 0.2) is 0 Å². The molecule has 1 aromatic rings. The molecule has 0 spiro atoms. The second-order valence-electron chi connectivity index (χ2n) is 7.35.